The number of rotatable bonds is 12. The number of aliphatic imine (C=N–C) groups is 2. The Balaban J connectivity index is -0.000000141. The molecule has 1 atom stereocenters. The minimum Gasteiger partial charge on any atom is -0.476 e. The maximum atomic E-state index is 11.4. The molecule has 2 aliphatic carbocycles. The molecule has 3 aliphatic rings. The van der Waals surface area contributed by atoms with Crippen LogP contribution >= 0.6 is 23.5 Å². The highest BCUT2D eigenvalue weighted by Crippen LogP contribution is 2.29. The lowest BCUT2D eigenvalue weighted by Gasteiger charge is -2.06. The van der Waals surface area contributed by atoms with Crippen LogP contribution < -0.4 is 53.6 Å². The van der Waals surface area contributed by atoms with E-state index in [2.05, 4.69) is 67.3 Å². The van der Waals surface area contributed by atoms with E-state index in [1.807, 2.05) is 27.7 Å². The molecule has 10 amide bonds. The van der Waals surface area contributed by atoms with Crippen molar-refractivity contribution in [3.05, 3.63) is 0 Å². The van der Waals surface area contributed by atoms with Gasteiger partial charge in [-0.1, -0.05) is 30.4 Å². The topological polar surface area (TPSA) is 472 Å². The number of nitrogens with zero attached hydrogens (tertiary/aromatic N) is 2. The van der Waals surface area contributed by atoms with Gasteiger partial charge in [-0.25, -0.2) is 0 Å². The van der Waals surface area contributed by atoms with E-state index in [0.29, 0.717) is 42.7 Å². The number of thioether (sulfide) groups is 2. The third-order valence-corrected chi connectivity index (χ3v) is 9.88. The Labute approximate surface area is 548 Å². The van der Waals surface area contributed by atoms with Gasteiger partial charge in [-0.05, 0) is 92.6 Å². The third kappa shape index (κ3) is 98.5. The van der Waals surface area contributed by atoms with Crippen LogP contribution in [0.15, 0.2) is 9.98 Å². The first-order valence-electron chi connectivity index (χ1n) is 28.5. The number of methoxy groups -OCH3 is 2. The number of ether oxygens (including phenoxy) is 4. The Morgan fingerprint density at radius 1 is 0.663 bits per heavy atom. The van der Waals surface area contributed by atoms with Crippen molar-refractivity contribution in [2.24, 2.45) is 27.6 Å². The highest BCUT2D eigenvalue weighted by molar-refractivity contribution is 8.13. The standard InChI is InChI=1S/C7H13NO.C6H9F3O.C6H11NO2.C6H11NO.C5H10N2O2.C5H9NO2S.C5H9NO2.C4H9N3O.C4H8N2O2.C4H8N2OS.C4H9NO/c1-5(2)8-7(9)6-3-4-6;1-2-3-5(10)4-6(7,8)9;1-5(8)7-6-2-3-9-4-6;1-2-7-6(8)5-3-4-5;1-3-9-5(6)7-4(2)8;1-4(7)6-5(8-2)9-3;1-4(7)3-5(8)6-2;1-3(8)7-4(5)6-2;2*1-3(7)6-4(5)8-2;1-3-5-4(2)6/h5-6H,3-4H2,1-2H3,(H,8,9);2-4H2,1H3;6H,2-4H2,1H3,(H,7,8);5H,2-4H2,1H3,(H,7,8);3H2,1-2H3,(H2,6,7,8);1-3H3;3H2,1-2H3,(H,6,8);1-2H3,(H3,5,6,7,8);2*1-2H3,(H2,5,6,7);3H2,1-2H3,(H,5,6). The molecule has 0 aromatic carbocycles. The summed E-state index contributed by atoms with van der Waals surface area (Å²) in [5.41, 5.74) is 5.09. The zero-order valence-corrected chi connectivity index (χ0v) is 58.8. The van der Waals surface area contributed by atoms with E-state index in [9.17, 15) is 70.7 Å². The number of hydrogen-bond acceptors (Lipinski definition) is 22. The number of carbonyl (C=O) groups is 12. The van der Waals surface area contributed by atoms with Gasteiger partial charge in [-0.3, -0.25) is 94.7 Å². The fourth-order valence-electron chi connectivity index (χ4n) is 4.80. The number of amides is 10. The second kappa shape index (κ2) is 66.2. The smallest absolute Gasteiger partial charge is 0.395 e. The molecule has 36 heteroatoms. The Morgan fingerprint density at radius 3 is 1.37 bits per heavy atom. The predicted octanol–water partition coefficient (Wildman–Crippen LogP) is 3.71. The van der Waals surface area contributed by atoms with Crippen LogP contribution in [-0.4, -0.2) is 191 Å². The summed E-state index contributed by atoms with van der Waals surface area (Å²) in [4.78, 5) is 131. The Morgan fingerprint density at radius 2 is 1.14 bits per heavy atom. The van der Waals surface area contributed by atoms with Crippen LogP contribution in [0, 0.1) is 28.1 Å². The van der Waals surface area contributed by atoms with Crippen LogP contribution in [0.25, 0.3) is 0 Å². The molecular weight excluding hydrogens is 1260 g/mol. The molecule has 0 bridgehead atoms. The number of halogens is 3. The van der Waals surface area contributed by atoms with Crippen molar-refractivity contribution < 1.29 is 89.7 Å². The van der Waals surface area contributed by atoms with Crippen molar-refractivity contribution >= 4 is 123 Å². The fraction of sp³-hybridized carbons (Fsp3) is 0.696. The Bertz CT molecular complexity index is 2200. The first kappa shape index (κ1) is 100. The summed E-state index contributed by atoms with van der Waals surface area (Å²) in [5, 5.41) is 43.3. The Kier molecular flexibility index (Phi) is 72.2. The van der Waals surface area contributed by atoms with Crippen molar-refractivity contribution in [2.75, 3.05) is 73.7 Å². The van der Waals surface area contributed by atoms with Crippen molar-refractivity contribution in [1.82, 2.24) is 47.9 Å². The van der Waals surface area contributed by atoms with Gasteiger partial charge in [-0.2, -0.15) is 18.2 Å². The molecule has 31 nitrogen and oxygen atoms in total. The van der Waals surface area contributed by atoms with Crippen LogP contribution in [0.2, 0.25) is 0 Å². The maximum absolute atomic E-state index is 11.4. The van der Waals surface area contributed by atoms with E-state index in [4.69, 9.17) is 31.4 Å². The van der Waals surface area contributed by atoms with E-state index in [0.717, 1.165) is 51.8 Å². The summed E-state index contributed by atoms with van der Waals surface area (Å²) in [6.45, 7) is 25.8. The molecule has 1 saturated heterocycles. The number of Topliss-reactive ketones (excluding diaryl/α,β-unsaturated/α-hetero) is 2. The van der Waals surface area contributed by atoms with Crippen LogP contribution in [0.1, 0.15) is 155 Å². The van der Waals surface area contributed by atoms with Gasteiger partial charge >= 0.3 is 6.18 Å². The van der Waals surface area contributed by atoms with Gasteiger partial charge in [0.05, 0.1) is 39.9 Å². The lowest BCUT2D eigenvalue weighted by molar-refractivity contribution is -0.152. The average molecular weight is 1370 g/mol. The van der Waals surface area contributed by atoms with E-state index >= 15 is 0 Å². The number of alkyl halides is 3. The molecule has 1 heterocycles. The van der Waals surface area contributed by atoms with E-state index < -0.39 is 18.4 Å². The van der Waals surface area contributed by atoms with E-state index in [-0.39, 0.29) is 107 Å². The number of nitrogens with one attached hydrogen (secondary N) is 12. The second-order valence-corrected chi connectivity index (χ2v) is 20.1. The first-order chi connectivity index (χ1) is 42.6. The Hall–Kier alpha value is -7.76. The second-order valence-electron chi connectivity index (χ2n) is 18.6. The number of carbonyl (C=O) groups excluding carboxylic acids is 12. The van der Waals surface area contributed by atoms with Crippen LogP contribution in [0.5, 0.6) is 0 Å². The summed E-state index contributed by atoms with van der Waals surface area (Å²) in [6, 6.07) is 0.156. The van der Waals surface area contributed by atoms with Crippen LogP contribution in [-0.2, 0) is 76.5 Å². The summed E-state index contributed by atoms with van der Waals surface area (Å²) >= 11 is 2.51. The van der Waals surface area contributed by atoms with Crippen LogP contribution in [0.4, 0.5) is 13.2 Å². The molecule has 3 fully saturated rings. The van der Waals surface area contributed by atoms with Gasteiger partial charge < -0.3 is 56.6 Å². The van der Waals surface area contributed by atoms with Crippen LogP contribution in [0.3, 0.4) is 0 Å². The number of amidine groups is 3. The highest BCUT2D eigenvalue weighted by Gasteiger charge is 2.31. The van der Waals surface area contributed by atoms with Gasteiger partial charge in [0.15, 0.2) is 11.1 Å². The number of nitrogens with two attached hydrogens (primary N) is 1. The molecule has 534 valence electrons. The van der Waals surface area contributed by atoms with Gasteiger partial charge in [0.25, 0.3) is 17.3 Å². The molecule has 0 aromatic heterocycles. The predicted molar refractivity (Wildman–Crippen MR) is 352 cm³/mol. The number of hydrogen-bond donors (Lipinski definition) is 13. The molecule has 92 heavy (non-hydrogen) atoms. The fourth-order valence-corrected chi connectivity index (χ4v) is 5.44. The third-order valence-electron chi connectivity index (χ3n) is 8.76. The lowest BCUT2D eigenvalue weighted by atomic mass is 10.2. The summed E-state index contributed by atoms with van der Waals surface area (Å²) in [7, 11) is 5.81. The largest absolute Gasteiger partial charge is 0.476 e. The normalized spacial score (nSPS) is 12.6. The van der Waals surface area contributed by atoms with Gasteiger partial charge in [0.1, 0.15) is 18.0 Å². The van der Waals surface area contributed by atoms with Crippen molar-refractivity contribution in [3.8, 4) is 0 Å². The van der Waals surface area contributed by atoms with Gasteiger partial charge in [0, 0.05) is 107 Å². The van der Waals surface area contributed by atoms with E-state index in [1.54, 1.807) is 26.4 Å². The lowest BCUT2D eigenvalue weighted by Crippen LogP contribution is -2.34. The van der Waals surface area contributed by atoms with Crippen molar-refractivity contribution in [2.45, 2.75) is 173 Å². The zero-order chi connectivity index (χ0) is 73.5. The molecule has 0 aromatic rings. The molecular formula is C56H106F3N15O16S2. The highest BCUT2D eigenvalue weighted by atomic mass is 32.2. The summed E-state index contributed by atoms with van der Waals surface area (Å²) in [6.07, 6.45) is 3.79. The van der Waals surface area contributed by atoms with E-state index in [1.165, 1.54) is 107 Å². The summed E-state index contributed by atoms with van der Waals surface area (Å²) < 4.78 is 52.9. The van der Waals surface area contributed by atoms with Crippen molar-refractivity contribution in [1.29, 1.82) is 16.2 Å². The zero-order valence-electron chi connectivity index (χ0n) is 57.2. The molecule has 3 rings (SSSR count). The molecule has 14 N–H and O–H groups in total. The number of ketones is 2. The molecule has 0 radical (unpaired) electrons. The van der Waals surface area contributed by atoms with Gasteiger partial charge in [0.2, 0.25) is 59.1 Å². The first-order valence-corrected chi connectivity index (χ1v) is 31.0. The minimum absolute atomic E-state index is 0.00347. The molecule has 2 saturated carbocycles. The molecule has 1 aliphatic heterocycles. The maximum Gasteiger partial charge on any atom is 0.395 e. The van der Waals surface area contributed by atoms with Crippen molar-refractivity contribution in [3.63, 3.8) is 0 Å². The SMILES string of the molecule is CC(=O)NC1CCOC1.CC(C)NC(=O)C1CC1.CCCC(=O)CC(F)(F)F.CCNC(=O)C1CC1.CCNC(C)=O.CCOC(=N)NC(C)=O.CN=C(N)NC(C)=O.CNC(=O)CC(C)=O.COC(=N)NC(C)=O.COC(=NC(C)=O)SC.CSC(=N)NC(C)=O. The molecule has 1 unspecified atom stereocenters. The molecule has 0 spiro atoms. The minimum atomic E-state index is -4.33. The average Bonchev–Trinajstić information content (AvgIpc) is 1.91. The van der Waals surface area contributed by atoms with Gasteiger partial charge in [-0.15, -0.1) is 0 Å². The number of guanidine groups is 1. The summed E-state index contributed by atoms with van der Waals surface area (Å²) in [5.74, 6) is -0.832. The quantitative estimate of drug-likeness (QED) is 0.0752. The monoisotopic (exact) mass is 1370 g/mol.